The largest absolute Gasteiger partial charge is 0.417 e. The lowest BCUT2D eigenvalue weighted by molar-refractivity contribution is 0.103. The van der Waals surface area contributed by atoms with Gasteiger partial charge in [0.1, 0.15) is 5.15 Å². The van der Waals surface area contributed by atoms with E-state index in [9.17, 15) is 9.59 Å². The fourth-order valence-electron chi connectivity index (χ4n) is 2.27. The molecule has 3 rings (SSSR count). The molecule has 0 aliphatic heterocycles. The predicted octanol–water partition coefficient (Wildman–Crippen LogP) is 3.02. The molecule has 0 aliphatic rings. The first-order valence-electron chi connectivity index (χ1n) is 6.26. The minimum absolute atomic E-state index is 0.189. The number of pyridine rings is 1. The normalized spacial score (nSPS) is 11.0. The van der Waals surface area contributed by atoms with Crippen LogP contribution in [0.3, 0.4) is 0 Å². The van der Waals surface area contributed by atoms with Crippen LogP contribution in [0.5, 0.6) is 0 Å². The summed E-state index contributed by atoms with van der Waals surface area (Å²) < 4.78 is 5.03. The Hall–Kier alpha value is -2.40. The molecule has 0 saturated heterocycles. The van der Waals surface area contributed by atoms with Crippen LogP contribution in [0, 0.1) is 13.8 Å². The number of aromatic amines is 1. The number of rotatable bonds is 2. The van der Waals surface area contributed by atoms with Crippen molar-refractivity contribution in [3.05, 3.63) is 62.4 Å². The maximum Gasteiger partial charge on any atom is 0.417 e. The van der Waals surface area contributed by atoms with E-state index in [0.29, 0.717) is 32.9 Å². The molecule has 2 aromatic heterocycles. The Labute approximate surface area is 124 Å². The summed E-state index contributed by atoms with van der Waals surface area (Å²) in [4.78, 5) is 30.4. The van der Waals surface area contributed by atoms with Gasteiger partial charge in [0, 0.05) is 17.3 Å². The van der Waals surface area contributed by atoms with E-state index in [1.165, 1.54) is 6.20 Å². The van der Waals surface area contributed by atoms with Gasteiger partial charge >= 0.3 is 5.76 Å². The Morgan fingerprint density at radius 3 is 2.86 bits per heavy atom. The van der Waals surface area contributed by atoms with Crippen LogP contribution in [0.2, 0.25) is 5.15 Å². The molecule has 106 valence electrons. The third kappa shape index (κ3) is 2.25. The highest BCUT2D eigenvalue weighted by Gasteiger charge is 2.16. The lowest BCUT2D eigenvalue weighted by Crippen LogP contribution is -2.05. The van der Waals surface area contributed by atoms with Crippen molar-refractivity contribution >= 4 is 28.5 Å². The molecule has 3 aromatic rings. The number of nitrogens with one attached hydrogen (secondary N) is 1. The van der Waals surface area contributed by atoms with E-state index in [4.69, 9.17) is 16.0 Å². The van der Waals surface area contributed by atoms with E-state index in [1.54, 1.807) is 32.0 Å². The molecule has 0 atom stereocenters. The molecule has 0 spiro atoms. The minimum atomic E-state index is -0.541. The number of carbonyl (C=O) groups excluding carboxylic acids is 1. The number of fused-ring (bicyclic) bond motifs is 1. The van der Waals surface area contributed by atoms with Gasteiger partial charge in [-0.1, -0.05) is 11.6 Å². The Morgan fingerprint density at radius 1 is 1.33 bits per heavy atom. The van der Waals surface area contributed by atoms with Crippen molar-refractivity contribution in [3.63, 3.8) is 0 Å². The number of carbonyl (C=O) groups is 1. The number of H-pyrrole nitrogens is 1. The SMILES string of the molecule is Cc1c(C(=O)c2cc(C)c3[nH]c(=O)oc3c2)ccnc1Cl. The molecule has 0 unspecified atom stereocenters. The summed E-state index contributed by atoms with van der Waals surface area (Å²) in [5, 5.41) is 0.298. The Kier molecular flexibility index (Phi) is 3.14. The monoisotopic (exact) mass is 302 g/mol. The van der Waals surface area contributed by atoms with Crippen LogP contribution in [-0.4, -0.2) is 15.8 Å². The quantitative estimate of drug-likeness (QED) is 0.583. The maximum absolute atomic E-state index is 12.6. The van der Waals surface area contributed by atoms with Gasteiger partial charge in [0.05, 0.1) is 5.52 Å². The summed E-state index contributed by atoms with van der Waals surface area (Å²) in [6.07, 6.45) is 1.49. The Morgan fingerprint density at radius 2 is 2.10 bits per heavy atom. The van der Waals surface area contributed by atoms with Gasteiger partial charge in [0.15, 0.2) is 11.4 Å². The summed E-state index contributed by atoms with van der Waals surface area (Å²) in [6, 6.07) is 4.89. The zero-order valence-electron chi connectivity index (χ0n) is 11.4. The van der Waals surface area contributed by atoms with Gasteiger partial charge in [-0.3, -0.25) is 9.78 Å². The molecule has 21 heavy (non-hydrogen) atoms. The van der Waals surface area contributed by atoms with Crippen molar-refractivity contribution < 1.29 is 9.21 Å². The highest BCUT2D eigenvalue weighted by Crippen LogP contribution is 2.23. The highest BCUT2D eigenvalue weighted by atomic mass is 35.5. The molecule has 0 saturated carbocycles. The summed E-state index contributed by atoms with van der Waals surface area (Å²) in [5.41, 5.74) is 3.26. The standard InChI is InChI=1S/C15H11ClN2O3/c1-7-5-9(6-11-12(7)18-15(20)21-11)13(19)10-3-4-17-14(16)8(10)2/h3-6H,1-2H3,(H,18,20). The molecule has 1 aromatic carbocycles. The van der Waals surface area contributed by atoms with E-state index >= 15 is 0 Å². The molecule has 0 fully saturated rings. The van der Waals surface area contributed by atoms with Crippen LogP contribution in [0.1, 0.15) is 27.0 Å². The van der Waals surface area contributed by atoms with Crippen molar-refractivity contribution in [2.75, 3.05) is 0 Å². The van der Waals surface area contributed by atoms with Crippen LogP contribution in [0.4, 0.5) is 0 Å². The second kappa shape index (κ2) is 4.86. The van der Waals surface area contributed by atoms with E-state index in [2.05, 4.69) is 9.97 Å². The summed E-state index contributed by atoms with van der Waals surface area (Å²) in [7, 11) is 0. The number of benzene rings is 1. The van der Waals surface area contributed by atoms with Crippen LogP contribution >= 0.6 is 11.6 Å². The molecular formula is C15H11ClN2O3. The van der Waals surface area contributed by atoms with Gasteiger partial charge < -0.3 is 4.42 Å². The first-order chi connectivity index (χ1) is 9.97. The number of aryl methyl sites for hydroxylation is 1. The van der Waals surface area contributed by atoms with Crippen molar-refractivity contribution in [1.29, 1.82) is 0 Å². The number of oxazole rings is 1. The second-order valence-corrected chi connectivity index (χ2v) is 5.14. The average Bonchev–Trinajstić information content (AvgIpc) is 2.82. The number of aromatic nitrogens is 2. The van der Waals surface area contributed by atoms with E-state index < -0.39 is 5.76 Å². The van der Waals surface area contributed by atoms with E-state index in [0.717, 1.165) is 5.56 Å². The number of hydrogen-bond donors (Lipinski definition) is 1. The minimum Gasteiger partial charge on any atom is -0.408 e. The zero-order valence-corrected chi connectivity index (χ0v) is 12.1. The van der Waals surface area contributed by atoms with Crippen LogP contribution in [0.25, 0.3) is 11.1 Å². The van der Waals surface area contributed by atoms with Crippen LogP contribution < -0.4 is 5.76 Å². The maximum atomic E-state index is 12.6. The number of hydrogen-bond acceptors (Lipinski definition) is 4. The van der Waals surface area contributed by atoms with Gasteiger partial charge in [-0.15, -0.1) is 0 Å². The highest BCUT2D eigenvalue weighted by molar-refractivity contribution is 6.30. The topological polar surface area (TPSA) is 76.0 Å². The van der Waals surface area contributed by atoms with E-state index in [1.807, 2.05) is 0 Å². The molecule has 2 heterocycles. The summed E-state index contributed by atoms with van der Waals surface area (Å²) in [6.45, 7) is 3.54. The predicted molar refractivity (Wildman–Crippen MR) is 79.0 cm³/mol. The lowest BCUT2D eigenvalue weighted by Gasteiger charge is -2.07. The van der Waals surface area contributed by atoms with Gasteiger partial charge in [-0.2, -0.15) is 0 Å². The Bertz CT molecular complexity index is 924. The van der Waals surface area contributed by atoms with Crippen molar-refractivity contribution in [3.8, 4) is 0 Å². The third-order valence-electron chi connectivity index (χ3n) is 3.38. The zero-order chi connectivity index (χ0) is 15.1. The number of nitrogens with zero attached hydrogens (tertiary/aromatic N) is 1. The molecule has 0 radical (unpaired) electrons. The third-order valence-corrected chi connectivity index (χ3v) is 3.76. The van der Waals surface area contributed by atoms with Crippen molar-refractivity contribution in [2.24, 2.45) is 0 Å². The van der Waals surface area contributed by atoms with Gasteiger partial charge in [-0.05, 0) is 43.2 Å². The summed E-state index contributed by atoms with van der Waals surface area (Å²) in [5.74, 6) is -0.730. The van der Waals surface area contributed by atoms with Gasteiger partial charge in [0.2, 0.25) is 0 Å². The molecular weight excluding hydrogens is 292 g/mol. The fourth-order valence-corrected chi connectivity index (χ4v) is 2.42. The second-order valence-electron chi connectivity index (χ2n) is 4.78. The van der Waals surface area contributed by atoms with Gasteiger partial charge in [-0.25, -0.2) is 9.78 Å². The lowest BCUT2D eigenvalue weighted by atomic mass is 9.99. The smallest absolute Gasteiger partial charge is 0.408 e. The van der Waals surface area contributed by atoms with Crippen molar-refractivity contribution in [2.45, 2.75) is 13.8 Å². The molecule has 5 nitrogen and oxygen atoms in total. The van der Waals surface area contributed by atoms with Crippen molar-refractivity contribution in [1.82, 2.24) is 9.97 Å². The molecule has 0 bridgehead atoms. The molecule has 0 amide bonds. The molecule has 6 heteroatoms. The molecule has 0 aliphatic carbocycles. The van der Waals surface area contributed by atoms with E-state index in [-0.39, 0.29) is 5.78 Å². The number of halogens is 1. The fraction of sp³-hybridized carbons (Fsp3) is 0.133. The average molecular weight is 303 g/mol. The molecule has 1 N–H and O–H groups in total. The Balaban J connectivity index is 2.18. The van der Waals surface area contributed by atoms with Crippen LogP contribution in [0.15, 0.2) is 33.6 Å². The van der Waals surface area contributed by atoms with Gasteiger partial charge in [0.25, 0.3) is 0 Å². The number of ketones is 1. The first kappa shape index (κ1) is 13.6. The van der Waals surface area contributed by atoms with Crippen LogP contribution in [-0.2, 0) is 0 Å². The summed E-state index contributed by atoms with van der Waals surface area (Å²) >= 11 is 5.95. The first-order valence-corrected chi connectivity index (χ1v) is 6.64.